The Balaban J connectivity index is 1.47. The number of hydrogen-bond acceptors (Lipinski definition) is 5. The highest BCUT2D eigenvalue weighted by atomic mass is 35.5. The van der Waals surface area contributed by atoms with Crippen LogP contribution in [0.4, 0.5) is 0 Å². The van der Waals surface area contributed by atoms with E-state index < -0.39 is 6.04 Å². The van der Waals surface area contributed by atoms with E-state index in [0.29, 0.717) is 23.7 Å². The fraction of sp³-hybridized carbons (Fsp3) is 0.423. The molecule has 0 N–H and O–H groups in total. The van der Waals surface area contributed by atoms with Crippen molar-refractivity contribution >= 4 is 29.0 Å². The maximum Gasteiger partial charge on any atom is 0.225 e. The second-order valence-electron chi connectivity index (χ2n) is 9.86. The van der Waals surface area contributed by atoms with E-state index in [-0.39, 0.29) is 30.2 Å². The van der Waals surface area contributed by atoms with E-state index in [1.807, 2.05) is 47.7 Å². The zero-order valence-corrected chi connectivity index (χ0v) is 20.8. The number of aryl methyl sites for hydroxylation is 2. The number of benzene rings is 1. The summed E-state index contributed by atoms with van der Waals surface area (Å²) < 4.78 is 4.11. The fourth-order valence-corrected chi connectivity index (χ4v) is 6.08. The molecule has 3 atom stereocenters. The summed E-state index contributed by atoms with van der Waals surface area (Å²) in [5.74, 6) is 1.71. The monoisotopic (exact) mass is 490 g/mol. The number of carbonyl (C=O) groups excluding carboxylic acids is 2. The summed E-state index contributed by atoms with van der Waals surface area (Å²) in [7, 11) is 2.01. The number of ketones is 1. The van der Waals surface area contributed by atoms with Crippen LogP contribution in [0.3, 0.4) is 0 Å². The number of piperidine rings is 1. The van der Waals surface area contributed by atoms with Gasteiger partial charge in [0.1, 0.15) is 17.6 Å². The van der Waals surface area contributed by atoms with Gasteiger partial charge in [0.15, 0.2) is 5.82 Å². The molecule has 3 aromatic rings. The fourth-order valence-electron chi connectivity index (χ4n) is 5.95. The third-order valence-corrected chi connectivity index (χ3v) is 7.95. The highest BCUT2D eigenvalue weighted by Crippen LogP contribution is 2.38. The zero-order valence-electron chi connectivity index (χ0n) is 20.0. The van der Waals surface area contributed by atoms with Crippen molar-refractivity contribution in [3.8, 4) is 5.69 Å². The third kappa shape index (κ3) is 3.54. The smallest absolute Gasteiger partial charge is 0.225 e. The first-order valence-electron chi connectivity index (χ1n) is 12.1. The van der Waals surface area contributed by atoms with Crippen LogP contribution in [0, 0.1) is 13.8 Å². The van der Waals surface area contributed by atoms with E-state index in [0.717, 1.165) is 46.9 Å². The molecule has 0 saturated carbocycles. The molecule has 35 heavy (non-hydrogen) atoms. The molecule has 1 amide bonds. The van der Waals surface area contributed by atoms with Gasteiger partial charge in [0.25, 0.3) is 0 Å². The molecule has 0 spiro atoms. The molecule has 3 aliphatic rings. The van der Waals surface area contributed by atoms with Crippen molar-refractivity contribution in [3.63, 3.8) is 0 Å². The number of aliphatic imine (C=N–C) groups is 1. The highest BCUT2D eigenvalue weighted by molar-refractivity contribution is 6.30. The minimum Gasteiger partial charge on any atom is -0.352 e. The topological polar surface area (TPSA) is 85.4 Å². The summed E-state index contributed by atoms with van der Waals surface area (Å²) in [6.45, 7) is 3.99. The molecule has 9 heteroatoms. The summed E-state index contributed by atoms with van der Waals surface area (Å²) in [5, 5.41) is 9.50. The molecule has 2 fully saturated rings. The van der Waals surface area contributed by atoms with E-state index in [4.69, 9.17) is 16.6 Å². The summed E-state index contributed by atoms with van der Waals surface area (Å²) in [4.78, 5) is 32.9. The maximum atomic E-state index is 13.6. The Hall–Kier alpha value is -3.26. The van der Waals surface area contributed by atoms with Crippen LogP contribution in [-0.2, 0) is 16.6 Å². The minimum absolute atomic E-state index is 0.0135. The van der Waals surface area contributed by atoms with Gasteiger partial charge in [0, 0.05) is 60.0 Å². The number of hydrogen-bond donors (Lipinski definition) is 0. The Morgan fingerprint density at radius 1 is 1.09 bits per heavy atom. The van der Waals surface area contributed by atoms with Crippen molar-refractivity contribution in [2.24, 2.45) is 12.0 Å². The van der Waals surface area contributed by atoms with Crippen molar-refractivity contribution in [3.05, 3.63) is 64.0 Å². The molecule has 2 aromatic heterocycles. The van der Waals surface area contributed by atoms with Crippen LogP contribution in [0.1, 0.15) is 66.6 Å². The van der Waals surface area contributed by atoms with E-state index >= 15 is 0 Å². The van der Waals surface area contributed by atoms with E-state index in [2.05, 4.69) is 27.9 Å². The summed E-state index contributed by atoms with van der Waals surface area (Å²) in [6.07, 6.45) is 4.97. The van der Waals surface area contributed by atoms with Gasteiger partial charge < -0.3 is 9.47 Å². The zero-order chi connectivity index (χ0) is 24.4. The van der Waals surface area contributed by atoms with Crippen LogP contribution < -0.4 is 0 Å². The van der Waals surface area contributed by atoms with Crippen molar-refractivity contribution in [1.29, 1.82) is 0 Å². The molecule has 0 aliphatic carbocycles. The predicted octanol–water partition coefficient (Wildman–Crippen LogP) is 3.88. The van der Waals surface area contributed by atoms with Gasteiger partial charge in [-0.25, -0.2) is 0 Å². The van der Waals surface area contributed by atoms with Crippen LogP contribution >= 0.6 is 11.6 Å². The van der Waals surface area contributed by atoms with Crippen molar-refractivity contribution in [1.82, 2.24) is 24.2 Å². The van der Waals surface area contributed by atoms with Crippen LogP contribution in [-0.4, -0.2) is 53.7 Å². The lowest BCUT2D eigenvalue weighted by molar-refractivity contribution is -0.139. The van der Waals surface area contributed by atoms with Crippen LogP contribution in [0.5, 0.6) is 0 Å². The number of aromatic nitrogens is 4. The number of carbonyl (C=O) groups is 2. The normalized spacial score (nSPS) is 23.1. The van der Waals surface area contributed by atoms with Gasteiger partial charge in [-0.3, -0.25) is 19.1 Å². The molecular weight excluding hydrogens is 464 g/mol. The number of amides is 1. The molecule has 2 bridgehead atoms. The quantitative estimate of drug-likeness (QED) is 0.557. The van der Waals surface area contributed by atoms with Crippen molar-refractivity contribution in [2.75, 3.05) is 0 Å². The predicted molar refractivity (Wildman–Crippen MR) is 132 cm³/mol. The molecule has 0 radical (unpaired) electrons. The van der Waals surface area contributed by atoms with E-state index in [1.165, 1.54) is 0 Å². The Bertz CT molecular complexity index is 1370. The van der Waals surface area contributed by atoms with E-state index in [1.54, 1.807) is 0 Å². The lowest BCUT2D eigenvalue weighted by Gasteiger charge is -2.34. The minimum atomic E-state index is -0.497. The Kier molecular flexibility index (Phi) is 5.18. The highest BCUT2D eigenvalue weighted by Gasteiger charge is 2.43. The summed E-state index contributed by atoms with van der Waals surface area (Å²) in [5.41, 5.74) is 4.76. The van der Waals surface area contributed by atoms with Gasteiger partial charge in [-0.15, -0.1) is 10.2 Å². The molecule has 3 unspecified atom stereocenters. The van der Waals surface area contributed by atoms with E-state index in [9.17, 15) is 9.59 Å². The molecule has 2 saturated heterocycles. The first-order chi connectivity index (χ1) is 16.8. The molecule has 180 valence electrons. The summed E-state index contributed by atoms with van der Waals surface area (Å²) in [6, 6.07) is 7.17. The molecular formula is C26H27ClN6O2. The van der Waals surface area contributed by atoms with Crippen LogP contribution in [0.2, 0.25) is 5.02 Å². The molecule has 6 rings (SSSR count). The number of Topliss-reactive ketones (excluding diaryl/α,β-unsaturated/α-hetero) is 1. The number of nitrogens with zero attached hydrogens (tertiary/aromatic N) is 6. The lowest BCUT2D eigenvalue weighted by Crippen LogP contribution is -2.47. The molecule has 5 heterocycles. The largest absolute Gasteiger partial charge is 0.352 e. The van der Waals surface area contributed by atoms with Gasteiger partial charge in [0.2, 0.25) is 5.91 Å². The van der Waals surface area contributed by atoms with Gasteiger partial charge in [-0.05, 0) is 38.8 Å². The SMILES string of the molecule is Cc1c2c(cn1C)-n1c(C)nnc1C(CC(=O)N1C3CCC1CC(=O)C3)N=C2c1ccc(Cl)cc1. The van der Waals surface area contributed by atoms with Crippen LogP contribution in [0.25, 0.3) is 5.69 Å². The van der Waals surface area contributed by atoms with Gasteiger partial charge in [0.05, 0.1) is 17.8 Å². The Morgan fingerprint density at radius 2 is 1.77 bits per heavy atom. The molecule has 3 aliphatic heterocycles. The second kappa shape index (κ2) is 8.16. The second-order valence-corrected chi connectivity index (χ2v) is 10.3. The van der Waals surface area contributed by atoms with Crippen molar-refractivity contribution < 1.29 is 9.59 Å². The standard InChI is InChI=1S/C26H27ClN6O2/c1-14-24-22(13-31(14)3)32-15(2)29-30-26(32)21(28-25(24)16-4-6-17(27)7-5-16)12-23(35)33-18-8-9-19(33)11-20(34)10-18/h4-7,13,18-19,21H,8-12H2,1-3H3. The molecule has 1 aromatic carbocycles. The van der Waals surface area contributed by atoms with Gasteiger partial charge in [-0.2, -0.15) is 0 Å². The average Bonchev–Trinajstić information content (AvgIpc) is 3.40. The maximum absolute atomic E-state index is 13.6. The lowest BCUT2D eigenvalue weighted by atomic mass is 9.99. The Morgan fingerprint density at radius 3 is 2.46 bits per heavy atom. The number of halogens is 1. The first kappa shape index (κ1) is 22.2. The first-order valence-corrected chi connectivity index (χ1v) is 12.4. The third-order valence-electron chi connectivity index (χ3n) is 7.69. The average molecular weight is 491 g/mol. The van der Waals surface area contributed by atoms with Crippen LogP contribution in [0.15, 0.2) is 35.5 Å². The number of fused-ring (bicyclic) bond motifs is 5. The van der Waals surface area contributed by atoms with Gasteiger partial charge in [-0.1, -0.05) is 23.7 Å². The number of rotatable bonds is 3. The Labute approximate surface area is 208 Å². The summed E-state index contributed by atoms with van der Waals surface area (Å²) >= 11 is 6.18. The van der Waals surface area contributed by atoms with Crippen molar-refractivity contribution in [2.45, 2.75) is 64.1 Å². The van der Waals surface area contributed by atoms with Gasteiger partial charge >= 0.3 is 0 Å². The molecule has 8 nitrogen and oxygen atoms in total.